The van der Waals surface area contributed by atoms with E-state index >= 15 is 0 Å². The maximum Gasteiger partial charge on any atom is 0.303 e. The maximum absolute atomic E-state index is 11.3. The minimum absolute atomic E-state index is 0.0960. The third kappa shape index (κ3) is 4.86. The lowest BCUT2D eigenvalue weighted by atomic mass is 10.3. The Labute approximate surface area is 100 Å². The van der Waals surface area contributed by atoms with Crippen LogP contribution in [0.3, 0.4) is 0 Å². The Morgan fingerprint density at radius 3 is 2.71 bits per heavy atom. The fourth-order valence-corrected chi connectivity index (χ4v) is 1.98. The molecule has 0 fully saturated rings. The summed E-state index contributed by atoms with van der Waals surface area (Å²) in [6.45, 7) is 0.500. The van der Waals surface area contributed by atoms with E-state index in [-0.39, 0.29) is 11.3 Å². The second-order valence-electron chi connectivity index (χ2n) is 3.72. The molecule has 0 aliphatic rings. The molecular formula is C11H15NO4S. The topological polar surface area (TPSA) is 83.5 Å². The van der Waals surface area contributed by atoms with Crippen molar-refractivity contribution in [1.29, 1.82) is 0 Å². The molecule has 1 rings (SSSR count). The van der Waals surface area contributed by atoms with Crippen LogP contribution in [0.5, 0.6) is 0 Å². The Kier molecular flexibility index (Phi) is 4.51. The second-order valence-corrected chi connectivity index (χ2v) is 5.74. The molecule has 0 atom stereocenters. The monoisotopic (exact) mass is 257 g/mol. The predicted octanol–water partition coefficient (Wildman–Crippen LogP) is 1.37. The Morgan fingerprint density at radius 2 is 2.12 bits per heavy atom. The van der Waals surface area contributed by atoms with Gasteiger partial charge >= 0.3 is 5.97 Å². The van der Waals surface area contributed by atoms with Crippen molar-refractivity contribution in [2.24, 2.45) is 0 Å². The number of aliphatic carboxylic acids is 1. The summed E-state index contributed by atoms with van der Waals surface area (Å²) in [6.07, 6.45) is 1.74. The van der Waals surface area contributed by atoms with Gasteiger partial charge in [-0.3, -0.25) is 4.79 Å². The summed E-state index contributed by atoms with van der Waals surface area (Å²) in [5, 5.41) is 11.4. The van der Waals surface area contributed by atoms with Gasteiger partial charge in [-0.05, 0) is 24.6 Å². The van der Waals surface area contributed by atoms with Crippen molar-refractivity contribution in [3.05, 3.63) is 24.3 Å². The van der Waals surface area contributed by atoms with Gasteiger partial charge in [-0.1, -0.05) is 6.07 Å². The highest BCUT2D eigenvalue weighted by Crippen LogP contribution is 2.15. The summed E-state index contributed by atoms with van der Waals surface area (Å²) >= 11 is 0. The lowest BCUT2D eigenvalue weighted by Gasteiger charge is -2.06. The van der Waals surface area contributed by atoms with Gasteiger partial charge in [0.15, 0.2) is 9.84 Å². The summed E-state index contributed by atoms with van der Waals surface area (Å²) in [7, 11) is -3.20. The van der Waals surface area contributed by atoms with E-state index < -0.39 is 15.8 Å². The lowest BCUT2D eigenvalue weighted by Crippen LogP contribution is -2.05. The normalized spacial score (nSPS) is 11.1. The number of nitrogens with one attached hydrogen (secondary N) is 1. The van der Waals surface area contributed by atoms with Crippen LogP contribution >= 0.6 is 0 Å². The van der Waals surface area contributed by atoms with Crippen molar-refractivity contribution in [2.75, 3.05) is 18.1 Å². The van der Waals surface area contributed by atoms with Crippen molar-refractivity contribution in [1.82, 2.24) is 0 Å². The number of sulfone groups is 1. The molecular weight excluding hydrogens is 242 g/mol. The average Bonchev–Trinajstić information content (AvgIpc) is 2.23. The Hall–Kier alpha value is -1.56. The molecule has 0 aliphatic carbocycles. The molecule has 0 radical (unpaired) electrons. The van der Waals surface area contributed by atoms with E-state index in [2.05, 4.69) is 5.32 Å². The smallest absolute Gasteiger partial charge is 0.303 e. The van der Waals surface area contributed by atoms with Crippen LogP contribution in [0, 0.1) is 0 Å². The molecule has 1 aromatic carbocycles. The van der Waals surface area contributed by atoms with Crippen molar-refractivity contribution in [2.45, 2.75) is 17.7 Å². The molecule has 94 valence electrons. The number of hydrogen-bond donors (Lipinski definition) is 2. The molecule has 0 spiro atoms. The molecule has 0 saturated carbocycles. The van der Waals surface area contributed by atoms with Gasteiger partial charge in [-0.15, -0.1) is 0 Å². The van der Waals surface area contributed by atoms with E-state index in [1.54, 1.807) is 12.1 Å². The lowest BCUT2D eigenvalue weighted by molar-refractivity contribution is -0.137. The van der Waals surface area contributed by atoms with Crippen molar-refractivity contribution in [3.63, 3.8) is 0 Å². The summed E-state index contributed by atoms with van der Waals surface area (Å²) in [6, 6.07) is 6.46. The first-order valence-corrected chi connectivity index (χ1v) is 7.04. The second kappa shape index (κ2) is 5.67. The van der Waals surface area contributed by atoms with Crippen LogP contribution in [0.1, 0.15) is 12.8 Å². The van der Waals surface area contributed by atoms with Crippen LogP contribution in [-0.2, 0) is 14.6 Å². The minimum Gasteiger partial charge on any atom is -0.481 e. The van der Waals surface area contributed by atoms with Crippen molar-refractivity contribution >= 4 is 21.5 Å². The van der Waals surface area contributed by atoms with Gasteiger partial charge in [0.1, 0.15) is 0 Å². The fraction of sp³-hybridized carbons (Fsp3) is 0.364. The zero-order valence-electron chi connectivity index (χ0n) is 9.51. The molecule has 0 heterocycles. The molecule has 17 heavy (non-hydrogen) atoms. The SMILES string of the molecule is CS(=O)(=O)c1cccc(NCCCC(=O)O)c1. The molecule has 6 heteroatoms. The highest BCUT2D eigenvalue weighted by atomic mass is 32.2. The predicted molar refractivity (Wildman–Crippen MR) is 64.9 cm³/mol. The molecule has 0 saturated heterocycles. The first-order valence-electron chi connectivity index (χ1n) is 5.15. The highest BCUT2D eigenvalue weighted by molar-refractivity contribution is 7.90. The summed E-state index contributed by atoms with van der Waals surface area (Å²) < 4.78 is 22.6. The average molecular weight is 257 g/mol. The molecule has 0 aliphatic heterocycles. The minimum atomic E-state index is -3.20. The number of carboxylic acids is 1. The number of carbonyl (C=O) groups is 1. The van der Waals surface area contributed by atoms with Crippen LogP contribution in [0.25, 0.3) is 0 Å². The number of anilines is 1. The largest absolute Gasteiger partial charge is 0.481 e. The third-order valence-corrected chi connectivity index (χ3v) is 3.27. The summed E-state index contributed by atoms with van der Waals surface area (Å²) in [5.74, 6) is -0.836. The van der Waals surface area contributed by atoms with Gasteiger partial charge in [-0.2, -0.15) is 0 Å². The highest BCUT2D eigenvalue weighted by Gasteiger charge is 2.06. The number of benzene rings is 1. The van der Waals surface area contributed by atoms with Crippen LogP contribution in [0.4, 0.5) is 5.69 Å². The first-order chi connectivity index (χ1) is 7.89. The Balaban J connectivity index is 2.58. The zero-order chi connectivity index (χ0) is 12.9. The summed E-state index contributed by atoms with van der Waals surface area (Å²) in [5.41, 5.74) is 0.679. The van der Waals surface area contributed by atoms with E-state index in [9.17, 15) is 13.2 Å². The third-order valence-electron chi connectivity index (χ3n) is 2.16. The van der Waals surface area contributed by atoms with E-state index in [1.165, 1.54) is 12.1 Å². The number of carboxylic acid groups (broad SMARTS) is 1. The Bertz CT molecular complexity index is 496. The van der Waals surface area contributed by atoms with Gasteiger partial charge in [0.05, 0.1) is 4.90 Å². The molecule has 0 amide bonds. The van der Waals surface area contributed by atoms with E-state index in [0.29, 0.717) is 18.7 Å². The Morgan fingerprint density at radius 1 is 1.41 bits per heavy atom. The standard InChI is InChI=1S/C11H15NO4S/c1-17(15,16)10-5-2-4-9(8-10)12-7-3-6-11(13)14/h2,4-5,8,12H,3,6-7H2,1H3,(H,13,14). The van der Waals surface area contributed by atoms with E-state index in [1.807, 2.05) is 0 Å². The van der Waals surface area contributed by atoms with Crippen LogP contribution in [0.15, 0.2) is 29.2 Å². The quantitative estimate of drug-likeness (QED) is 0.752. The molecule has 0 bridgehead atoms. The molecule has 1 aromatic rings. The zero-order valence-corrected chi connectivity index (χ0v) is 10.3. The van der Waals surface area contributed by atoms with Crippen LogP contribution in [-0.4, -0.2) is 32.3 Å². The van der Waals surface area contributed by atoms with E-state index in [0.717, 1.165) is 6.26 Å². The van der Waals surface area contributed by atoms with Gasteiger partial charge in [-0.25, -0.2) is 8.42 Å². The number of hydrogen-bond acceptors (Lipinski definition) is 4. The fourth-order valence-electron chi connectivity index (χ4n) is 1.31. The van der Waals surface area contributed by atoms with Crippen molar-refractivity contribution in [3.8, 4) is 0 Å². The van der Waals surface area contributed by atoms with Gasteiger partial charge in [0, 0.05) is 24.9 Å². The van der Waals surface area contributed by atoms with Crippen LogP contribution in [0.2, 0.25) is 0 Å². The number of rotatable bonds is 6. The first kappa shape index (κ1) is 13.5. The molecule has 2 N–H and O–H groups in total. The molecule has 0 aromatic heterocycles. The van der Waals surface area contributed by atoms with Crippen LogP contribution < -0.4 is 5.32 Å². The van der Waals surface area contributed by atoms with E-state index in [4.69, 9.17) is 5.11 Å². The summed E-state index contributed by atoms with van der Waals surface area (Å²) in [4.78, 5) is 10.5. The molecule has 5 nitrogen and oxygen atoms in total. The van der Waals surface area contributed by atoms with Crippen molar-refractivity contribution < 1.29 is 18.3 Å². The van der Waals surface area contributed by atoms with Gasteiger partial charge in [0.25, 0.3) is 0 Å². The van der Waals surface area contributed by atoms with Gasteiger partial charge in [0.2, 0.25) is 0 Å². The maximum atomic E-state index is 11.3. The molecule has 0 unspecified atom stereocenters. The van der Waals surface area contributed by atoms with Gasteiger partial charge < -0.3 is 10.4 Å².